The molecule has 6 heteroatoms. The van der Waals surface area contributed by atoms with Gasteiger partial charge in [-0.2, -0.15) is 0 Å². The average Bonchev–Trinajstić information content (AvgIpc) is 3.57. The highest BCUT2D eigenvalue weighted by molar-refractivity contribution is 5.83. The van der Waals surface area contributed by atoms with Gasteiger partial charge in [0.2, 0.25) is 0 Å². The number of carboxylic acids is 1. The van der Waals surface area contributed by atoms with Crippen molar-refractivity contribution in [3.63, 3.8) is 0 Å². The standard InChI is InChI=1S/C25H31NO5/c1-3-30-22-13-17(2)12-18(15-22)23-7-4-20(14-19(23)16-31-21-5-6-21)26-25(24(27)28)8-10-29-11-9-25/h4,7,12-15,21,26H,3,5-6,8-11,16H2,1-2H3,(H,27,28). The molecule has 1 saturated carbocycles. The molecule has 1 heterocycles. The fraction of sp³-hybridized carbons (Fsp3) is 0.480. The SMILES string of the molecule is CCOc1cc(C)cc(-c2ccc(NC3(C(=O)O)CCOCC3)cc2COC2CC2)c1. The molecule has 1 aliphatic carbocycles. The smallest absolute Gasteiger partial charge is 0.329 e. The number of benzene rings is 2. The molecule has 0 bridgehead atoms. The quantitative estimate of drug-likeness (QED) is 0.602. The minimum atomic E-state index is -1.00. The van der Waals surface area contributed by atoms with Crippen LogP contribution in [0.4, 0.5) is 5.69 Å². The number of carbonyl (C=O) groups is 1. The first-order valence-electron chi connectivity index (χ1n) is 11.1. The third-order valence-corrected chi connectivity index (χ3v) is 5.92. The first-order chi connectivity index (χ1) is 15.0. The van der Waals surface area contributed by atoms with Crippen LogP contribution in [0.3, 0.4) is 0 Å². The van der Waals surface area contributed by atoms with E-state index in [9.17, 15) is 9.90 Å². The Labute approximate surface area is 183 Å². The number of carboxylic acid groups (broad SMARTS) is 1. The van der Waals surface area contributed by atoms with Gasteiger partial charge in [0.15, 0.2) is 0 Å². The van der Waals surface area contributed by atoms with Gasteiger partial charge in [-0.15, -0.1) is 0 Å². The van der Waals surface area contributed by atoms with Crippen LogP contribution < -0.4 is 10.1 Å². The Morgan fingerprint density at radius 2 is 1.97 bits per heavy atom. The van der Waals surface area contributed by atoms with Gasteiger partial charge in [-0.25, -0.2) is 4.79 Å². The van der Waals surface area contributed by atoms with E-state index in [1.54, 1.807) is 0 Å². The summed E-state index contributed by atoms with van der Waals surface area (Å²) < 4.78 is 17.2. The number of aliphatic carboxylic acids is 1. The molecule has 1 saturated heterocycles. The minimum Gasteiger partial charge on any atom is -0.494 e. The molecule has 1 aliphatic heterocycles. The van der Waals surface area contributed by atoms with Crippen LogP contribution in [-0.4, -0.2) is 42.5 Å². The van der Waals surface area contributed by atoms with Crippen LogP contribution in [0.2, 0.25) is 0 Å². The molecule has 2 aromatic rings. The molecule has 6 nitrogen and oxygen atoms in total. The van der Waals surface area contributed by atoms with Gasteiger partial charge < -0.3 is 24.6 Å². The summed E-state index contributed by atoms with van der Waals surface area (Å²) in [5.74, 6) is 0.0106. The van der Waals surface area contributed by atoms with Gasteiger partial charge in [-0.05, 0) is 73.2 Å². The minimum absolute atomic E-state index is 0.335. The van der Waals surface area contributed by atoms with Crippen LogP contribution >= 0.6 is 0 Å². The highest BCUT2D eigenvalue weighted by Gasteiger charge is 2.40. The van der Waals surface area contributed by atoms with E-state index in [1.807, 2.05) is 31.2 Å². The highest BCUT2D eigenvalue weighted by Crippen LogP contribution is 2.34. The fourth-order valence-electron chi connectivity index (χ4n) is 4.06. The summed E-state index contributed by atoms with van der Waals surface area (Å²) >= 11 is 0. The third-order valence-electron chi connectivity index (χ3n) is 5.92. The molecule has 0 spiro atoms. The molecule has 0 aromatic heterocycles. The summed E-state index contributed by atoms with van der Waals surface area (Å²) in [5, 5.41) is 13.2. The van der Waals surface area contributed by atoms with Gasteiger partial charge in [-0.3, -0.25) is 0 Å². The summed E-state index contributed by atoms with van der Waals surface area (Å²) in [7, 11) is 0. The molecule has 0 amide bonds. The van der Waals surface area contributed by atoms with Crippen LogP contribution in [0.15, 0.2) is 36.4 Å². The number of ether oxygens (including phenoxy) is 3. The van der Waals surface area contributed by atoms with E-state index in [1.165, 1.54) is 0 Å². The lowest BCUT2D eigenvalue weighted by molar-refractivity contribution is -0.145. The van der Waals surface area contributed by atoms with Crippen molar-refractivity contribution in [3.05, 3.63) is 47.5 Å². The molecule has 31 heavy (non-hydrogen) atoms. The largest absolute Gasteiger partial charge is 0.494 e. The predicted molar refractivity (Wildman–Crippen MR) is 120 cm³/mol. The second-order valence-corrected chi connectivity index (χ2v) is 8.47. The Morgan fingerprint density at radius 1 is 1.19 bits per heavy atom. The number of anilines is 1. The lowest BCUT2D eigenvalue weighted by Crippen LogP contribution is -2.50. The fourth-order valence-corrected chi connectivity index (χ4v) is 4.06. The molecule has 0 radical (unpaired) electrons. The van der Waals surface area contributed by atoms with Gasteiger partial charge >= 0.3 is 5.97 Å². The Kier molecular flexibility index (Phi) is 6.49. The van der Waals surface area contributed by atoms with Gasteiger partial charge in [0, 0.05) is 31.7 Å². The van der Waals surface area contributed by atoms with Crippen molar-refractivity contribution < 1.29 is 24.1 Å². The number of aryl methyl sites for hydroxylation is 1. The zero-order valence-electron chi connectivity index (χ0n) is 18.3. The first kappa shape index (κ1) is 21.7. The van der Waals surface area contributed by atoms with E-state index in [0.29, 0.717) is 45.4 Å². The number of hydrogen-bond acceptors (Lipinski definition) is 5. The molecule has 2 N–H and O–H groups in total. The Morgan fingerprint density at radius 3 is 2.65 bits per heavy atom. The van der Waals surface area contributed by atoms with Crippen LogP contribution in [-0.2, 0) is 20.9 Å². The Hall–Kier alpha value is -2.57. The third kappa shape index (κ3) is 5.20. The monoisotopic (exact) mass is 425 g/mol. The average molecular weight is 426 g/mol. The summed E-state index contributed by atoms with van der Waals surface area (Å²) in [4.78, 5) is 12.1. The van der Waals surface area contributed by atoms with Gasteiger partial charge in [-0.1, -0.05) is 12.1 Å². The molecule has 2 fully saturated rings. The molecule has 2 aromatic carbocycles. The van der Waals surface area contributed by atoms with E-state index >= 15 is 0 Å². The van der Waals surface area contributed by atoms with E-state index in [2.05, 4.69) is 24.4 Å². The van der Waals surface area contributed by atoms with Crippen LogP contribution in [0.25, 0.3) is 11.1 Å². The summed E-state index contributed by atoms with van der Waals surface area (Å²) in [6.07, 6.45) is 3.42. The summed E-state index contributed by atoms with van der Waals surface area (Å²) in [6, 6.07) is 12.3. The van der Waals surface area contributed by atoms with Crippen molar-refractivity contribution in [2.75, 3.05) is 25.1 Å². The zero-order chi connectivity index (χ0) is 21.8. The summed E-state index contributed by atoms with van der Waals surface area (Å²) in [5.41, 5.74) is 4.11. The maximum absolute atomic E-state index is 12.1. The van der Waals surface area contributed by atoms with Crippen molar-refractivity contribution in [1.82, 2.24) is 0 Å². The van der Waals surface area contributed by atoms with E-state index < -0.39 is 11.5 Å². The van der Waals surface area contributed by atoms with Crippen LogP contribution in [0, 0.1) is 6.92 Å². The highest BCUT2D eigenvalue weighted by atomic mass is 16.5. The predicted octanol–water partition coefficient (Wildman–Crippen LogP) is 4.79. The number of hydrogen-bond donors (Lipinski definition) is 2. The maximum atomic E-state index is 12.1. The maximum Gasteiger partial charge on any atom is 0.329 e. The van der Waals surface area contributed by atoms with E-state index in [-0.39, 0.29) is 0 Å². The van der Waals surface area contributed by atoms with Gasteiger partial charge in [0.1, 0.15) is 11.3 Å². The van der Waals surface area contributed by atoms with Crippen molar-refractivity contribution in [3.8, 4) is 16.9 Å². The van der Waals surface area contributed by atoms with Crippen molar-refractivity contribution >= 4 is 11.7 Å². The Bertz CT molecular complexity index is 932. The molecular weight excluding hydrogens is 394 g/mol. The van der Waals surface area contributed by atoms with Gasteiger partial charge in [0.05, 0.1) is 19.3 Å². The lowest BCUT2D eigenvalue weighted by atomic mass is 9.89. The summed E-state index contributed by atoms with van der Waals surface area (Å²) in [6.45, 7) is 6.04. The molecular formula is C25H31NO5. The molecule has 166 valence electrons. The van der Waals surface area contributed by atoms with Crippen molar-refractivity contribution in [1.29, 1.82) is 0 Å². The molecule has 0 unspecified atom stereocenters. The van der Waals surface area contributed by atoms with E-state index in [0.717, 1.165) is 46.5 Å². The number of nitrogens with one attached hydrogen (secondary N) is 1. The second-order valence-electron chi connectivity index (χ2n) is 8.47. The van der Waals surface area contributed by atoms with Crippen LogP contribution in [0.5, 0.6) is 5.75 Å². The van der Waals surface area contributed by atoms with Crippen molar-refractivity contribution in [2.45, 2.75) is 57.8 Å². The normalized spacial score (nSPS) is 17.9. The zero-order valence-corrected chi connectivity index (χ0v) is 18.3. The number of rotatable bonds is 9. The van der Waals surface area contributed by atoms with Crippen LogP contribution in [0.1, 0.15) is 43.7 Å². The Balaban J connectivity index is 1.67. The molecule has 0 atom stereocenters. The van der Waals surface area contributed by atoms with E-state index in [4.69, 9.17) is 14.2 Å². The topological polar surface area (TPSA) is 77.0 Å². The lowest BCUT2D eigenvalue weighted by Gasteiger charge is -2.35. The second kappa shape index (κ2) is 9.28. The van der Waals surface area contributed by atoms with Gasteiger partial charge in [0.25, 0.3) is 0 Å². The van der Waals surface area contributed by atoms with Crippen molar-refractivity contribution in [2.24, 2.45) is 0 Å². The first-order valence-corrected chi connectivity index (χ1v) is 11.1. The molecule has 2 aliphatic rings. The molecule has 4 rings (SSSR count).